The molecule has 12 heteroatoms. The molecular weight excluding hydrogens is 379 g/mol. The van der Waals surface area contributed by atoms with Gasteiger partial charge in [0.15, 0.2) is 0 Å². The molecule has 0 saturated carbocycles. The van der Waals surface area contributed by atoms with Crippen molar-refractivity contribution in [3.05, 3.63) is 29.6 Å². The van der Waals surface area contributed by atoms with Crippen LogP contribution in [0.5, 0.6) is 0 Å². The monoisotopic (exact) mass is 398 g/mol. The van der Waals surface area contributed by atoms with E-state index < -0.39 is 31.7 Å². The lowest BCUT2D eigenvalue weighted by Gasteiger charge is -2.15. The lowest BCUT2D eigenvalue weighted by Crippen LogP contribution is -2.43. The number of nitrogens with zero attached hydrogens (tertiary/aromatic N) is 2. The number of carbonyl (C=O) groups excluding carboxylic acids is 2. The smallest absolute Gasteiger partial charge is 0.328 e. The molecule has 2 amide bonds. The Balaban J connectivity index is 2.26. The topological polar surface area (TPSA) is 171 Å². The number of aromatic nitrogens is 2. The summed E-state index contributed by atoms with van der Waals surface area (Å²) in [6, 6.07) is 2.73. The van der Waals surface area contributed by atoms with Gasteiger partial charge in [-0.3, -0.25) is 14.2 Å². The number of benzene rings is 1. The summed E-state index contributed by atoms with van der Waals surface area (Å²) in [6.45, 7) is 1.58. The van der Waals surface area contributed by atoms with Crippen LogP contribution >= 0.6 is 7.60 Å². The van der Waals surface area contributed by atoms with Crippen LogP contribution in [-0.4, -0.2) is 54.4 Å². The van der Waals surface area contributed by atoms with E-state index in [1.54, 1.807) is 17.7 Å². The van der Waals surface area contributed by atoms with Gasteiger partial charge in [0.1, 0.15) is 11.9 Å². The molecule has 0 bridgehead atoms. The van der Waals surface area contributed by atoms with E-state index in [2.05, 4.69) is 15.6 Å². The number of aryl methyl sites for hydroxylation is 1. The minimum Gasteiger partial charge on any atom is -0.480 e. The molecule has 2 aromatic rings. The fourth-order valence-electron chi connectivity index (χ4n) is 2.41. The van der Waals surface area contributed by atoms with Gasteiger partial charge in [-0.1, -0.05) is 0 Å². The summed E-state index contributed by atoms with van der Waals surface area (Å²) in [6.07, 6.45) is -1.01. The van der Waals surface area contributed by atoms with Gasteiger partial charge in [-0.2, -0.15) is 0 Å². The van der Waals surface area contributed by atoms with Crippen LogP contribution in [0.4, 0.5) is 0 Å². The third-order valence-corrected chi connectivity index (χ3v) is 4.60. The Labute approximate surface area is 153 Å². The summed E-state index contributed by atoms with van der Waals surface area (Å²) in [5.74, 6) is -2.00. The van der Waals surface area contributed by atoms with Gasteiger partial charge in [0.05, 0.1) is 23.7 Å². The molecule has 11 nitrogen and oxygen atoms in total. The number of rotatable bonds is 7. The molecule has 0 fully saturated rings. The highest BCUT2D eigenvalue weighted by Gasteiger charge is 2.29. The van der Waals surface area contributed by atoms with E-state index in [9.17, 15) is 18.9 Å². The van der Waals surface area contributed by atoms with E-state index >= 15 is 0 Å². The van der Waals surface area contributed by atoms with Crippen LogP contribution in [-0.2, 0) is 27.7 Å². The standard InChI is InChI=1S/C15H19N4O7P/c1-8(20)16-6-13-17-10-4-3-9(5-12(10)19(13)2)14(21)18-11(15(22)23)7-27(24,25)26/h3-5,11H,6-7H2,1-2H3,(H,16,20)(H,18,21)(H,22,23)(H2,24,25,26). The maximum atomic E-state index is 12.3. The zero-order valence-corrected chi connectivity index (χ0v) is 15.4. The SMILES string of the molecule is CC(=O)NCc1nc2ccc(C(=O)NC(CP(=O)(O)O)C(=O)O)cc2n1C. The second-order valence-electron chi connectivity index (χ2n) is 5.91. The van der Waals surface area contributed by atoms with Crippen molar-refractivity contribution < 1.29 is 33.8 Å². The van der Waals surface area contributed by atoms with Crippen LogP contribution < -0.4 is 10.6 Å². The minimum absolute atomic E-state index is 0.105. The molecule has 0 saturated heterocycles. The molecule has 146 valence electrons. The molecule has 1 aromatic carbocycles. The summed E-state index contributed by atoms with van der Waals surface area (Å²) in [5, 5.41) is 13.8. The van der Waals surface area contributed by atoms with Crippen molar-refractivity contribution in [3.8, 4) is 0 Å². The Morgan fingerprint density at radius 3 is 2.52 bits per heavy atom. The summed E-state index contributed by atoms with van der Waals surface area (Å²) in [4.78, 5) is 56.7. The van der Waals surface area contributed by atoms with Crippen molar-refractivity contribution >= 4 is 36.4 Å². The Bertz CT molecular complexity index is 949. The van der Waals surface area contributed by atoms with E-state index in [1.165, 1.54) is 19.1 Å². The molecule has 2 rings (SSSR count). The normalized spacial score (nSPS) is 12.6. The molecule has 0 spiro atoms. The largest absolute Gasteiger partial charge is 0.480 e. The van der Waals surface area contributed by atoms with Gasteiger partial charge in [0.2, 0.25) is 5.91 Å². The fourth-order valence-corrected chi connectivity index (χ4v) is 3.13. The highest BCUT2D eigenvalue weighted by Crippen LogP contribution is 2.35. The summed E-state index contributed by atoms with van der Waals surface area (Å²) in [7, 11) is -2.93. The quantitative estimate of drug-likeness (QED) is 0.391. The zero-order valence-electron chi connectivity index (χ0n) is 14.5. The molecule has 1 aromatic heterocycles. The number of amides is 2. The first kappa shape index (κ1) is 20.6. The second kappa shape index (κ2) is 7.87. The molecule has 1 heterocycles. The van der Waals surface area contributed by atoms with Crippen molar-refractivity contribution in [2.45, 2.75) is 19.5 Å². The van der Waals surface area contributed by atoms with Crippen LogP contribution in [0.25, 0.3) is 11.0 Å². The molecule has 1 unspecified atom stereocenters. The highest BCUT2D eigenvalue weighted by atomic mass is 31.2. The number of carboxylic acids is 1. The van der Waals surface area contributed by atoms with Gasteiger partial charge in [-0.25, -0.2) is 9.78 Å². The molecule has 0 aliphatic rings. The fraction of sp³-hybridized carbons (Fsp3) is 0.333. The first-order chi connectivity index (χ1) is 12.5. The molecular formula is C15H19N4O7P. The number of fused-ring (bicyclic) bond motifs is 1. The lowest BCUT2D eigenvalue weighted by molar-refractivity contribution is -0.138. The summed E-state index contributed by atoms with van der Waals surface area (Å²) in [5.41, 5.74) is 1.25. The molecule has 27 heavy (non-hydrogen) atoms. The highest BCUT2D eigenvalue weighted by molar-refractivity contribution is 7.51. The molecule has 0 aliphatic carbocycles. The van der Waals surface area contributed by atoms with Crippen LogP contribution in [0, 0.1) is 0 Å². The predicted molar refractivity (Wildman–Crippen MR) is 94.0 cm³/mol. The first-order valence-electron chi connectivity index (χ1n) is 7.76. The van der Waals surface area contributed by atoms with Gasteiger partial charge in [-0.05, 0) is 18.2 Å². The van der Waals surface area contributed by atoms with Gasteiger partial charge >= 0.3 is 13.6 Å². The van der Waals surface area contributed by atoms with Crippen molar-refractivity contribution in [2.75, 3.05) is 6.16 Å². The average molecular weight is 398 g/mol. The number of hydrogen-bond acceptors (Lipinski definition) is 5. The molecule has 0 aliphatic heterocycles. The predicted octanol–water partition coefficient (Wildman–Crippen LogP) is -0.430. The Morgan fingerprint density at radius 2 is 1.96 bits per heavy atom. The van der Waals surface area contributed by atoms with E-state index in [-0.39, 0.29) is 18.0 Å². The van der Waals surface area contributed by atoms with Gasteiger partial charge in [0, 0.05) is 19.5 Å². The first-order valence-corrected chi connectivity index (χ1v) is 9.55. The van der Waals surface area contributed by atoms with Crippen LogP contribution in [0.15, 0.2) is 18.2 Å². The van der Waals surface area contributed by atoms with Crippen molar-refractivity contribution in [1.29, 1.82) is 0 Å². The molecule has 1 atom stereocenters. The maximum absolute atomic E-state index is 12.3. The lowest BCUT2D eigenvalue weighted by atomic mass is 10.1. The van der Waals surface area contributed by atoms with Crippen LogP contribution in [0.3, 0.4) is 0 Å². The van der Waals surface area contributed by atoms with Crippen molar-refractivity contribution in [2.24, 2.45) is 7.05 Å². The molecule has 0 radical (unpaired) electrons. The number of nitrogens with one attached hydrogen (secondary N) is 2. The average Bonchev–Trinajstić information content (AvgIpc) is 2.86. The Morgan fingerprint density at radius 1 is 1.30 bits per heavy atom. The van der Waals surface area contributed by atoms with Gasteiger partial charge < -0.3 is 30.1 Å². The number of imidazole rings is 1. The van der Waals surface area contributed by atoms with Crippen molar-refractivity contribution in [1.82, 2.24) is 20.2 Å². The van der Waals surface area contributed by atoms with E-state index in [0.29, 0.717) is 16.9 Å². The summed E-state index contributed by atoms with van der Waals surface area (Å²) >= 11 is 0. The van der Waals surface area contributed by atoms with Gasteiger partial charge in [-0.15, -0.1) is 0 Å². The Kier molecular flexibility index (Phi) is 5.99. The number of aliphatic carboxylic acids is 1. The maximum Gasteiger partial charge on any atom is 0.328 e. The number of carbonyl (C=O) groups is 3. The number of hydrogen-bond donors (Lipinski definition) is 5. The van der Waals surface area contributed by atoms with Crippen LogP contribution in [0.2, 0.25) is 0 Å². The molecule has 5 N–H and O–H groups in total. The summed E-state index contributed by atoms with van der Waals surface area (Å²) < 4.78 is 12.7. The third-order valence-electron chi connectivity index (χ3n) is 3.75. The second-order valence-corrected chi connectivity index (χ2v) is 7.61. The van der Waals surface area contributed by atoms with E-state index in [0.717, 1.165) is 0 Å². The zero-order chi connectivity index (χ0) is 20.4. The third kappa shape index (κ3) is 5.36. The Hall–Kier alpha value is -2.75. The van der Waals surface area contributed by atoms with E-state index in [1.807, 2.05) is 0 Å². The minimum atomic E-state index is -4.63. The van der Waals surface area contributed by atoms with Crippen LogP contribution in [0.1, 0.15) is 23.1 Å². The van der Waals surface area contributed by atoms with Crippen molar-refractivity contribution in [3.63, 3.8) is 0 Å². The van der Waals surface area contributed by atoms with E-state index in [4.69, 9.17) is 14.9 Å². The van der Waals surface area contributed by atoms with Gasteiger partial charge in [0.25, 0.3) is 5.91 Å². The number of carboxylic acid groups (broad SMARTS) is 1.